The first-order valence-corrected chi connectivity index (χ1v) is 8.95. The molecule has 4 rings (SSSR count). The van der Waals surface area contributed by atoms with Crippen molar-refractivity contribution in [1.82, 2.24) is 4.98 Å². The number of amides is 1. The van der Waals surface area contributed by atoms with Gasteiger partial charge in [0.05, 0.1) is 0 Å². The van der Waals surface area contributed by atoms with Gasteiger partial charge in [-0.1, -0.05) is 6.42 Å². The van der Waals surface area contributed by atoms with E-state index in [0.29, 0.717) is 12.3 Å². The van der Waals surface area contributed by atoms with Gasteiger partial charge >= 0.3 is 0 Å². The predicted octanol–water partition coefficient (Wildman–Crippen LogP) is 4.57. The second-order valence-corrected chi connectivity index (χ2v) is 7.50. The van der Waals surface area contributed by atoms with Gasteiger partial charge in [0.25, 0.3) is 0 Å². The van der Waals surface area contributed by atoms with Gasteiger partial charge in [-0.3, -0.25) is 4.79 Å². The molecule has 0 radical (unpaired) electrons. The number of aromatic nitrogens is 1. The van der Waals surface area contributed by atoms with E-state index in [-0.39, 0.29) is 5.91 Å². The van der Waals surface area contributed by atoms with Crippen LogP contribution in [0.15, 0.2) is 35.8 Å². The van der Waals surface area contributed by atoms with Crippen molar-refractivity contribution in [1.29, 1.82) is 0 Å². The molecule has 3 nitrogen and oxygen atoms in total. The summed E-state index contributed by atoms with van der Waals surface area (Å²) in [6.45, 7) is 0. The van der Waals surface area contributed by atoms with Crippen molar-refractivity contribution < 1.29 is 4.79 Å². The lowest BCUT2D eigenvalue weighted by atomic mass is 9.86. The van der Waals surface area contributed by atoms with Crippen molar-refractivity contribution in [3.05, 3.63) is 35.8 Å². The second kappa shape index (κ2) is 5.84. The van der Waals surface area contributed by atoms with Gasteiger partial charge in [-0.15, -0.1) is 11.3 Å². The number of hydrogen-bond acceptors (Lipinski definition) is 3. The van der Waals surface area contributed by atoms with Gasteiger partial charge in [0.1, 0.15) is 5.01 Å². The summed E-state index contributed by atoms with van der Waals surface area (Å²) >= 11 is 1.63. The molecule has 1 heterocycles. The first-order valence-electron chi connectivity index (χ1n) is 8.08. The molecule has 0 saturated heterocycles. The average Bonchev–Trinajstić information content (AvgIpc) is 3.25. The van der Waals surface area contributed by atoms with Crippen LogP contribution >= 0.6 is 11.3 Å². The molecule has 2 aliphatic carbocycles. The van der Waals surface area contributed by atoms with E-state index >= 15 is 0 Å². The Morgan fingerprint density at radius 2 is 2.09 bits per heavy atom. The molecule has 2 aromatic rings. The highest BCUT2D eigenvalue weighted by atomic mass is 32.1. The number of thiazole rings is 1. The van der Waals surface area contributed by atoms with Gasteiger partial charge in [0, 0.05) is 29.2 Å². The van der Waals surface area contributed by atoms with Crippen LogP contribution in [0.4, 0.5) is 5.69 Å². The van der Waals surface area contributed by atoms with Crippen LogP contribution in [0.5, 0.6) is 0 Å². The average molecular weight is 312 g/mol. The number of carbonyl (C=O) groups excluding carboxylic acids is 1. The third kappa shape index (κ3) is 2.80. The van der Waals surface area contributed by atoms with E-state index in [2.05, 4.69) is 10.3 Å². The van der Waals surface area contributed by atoms with Gasteiger partial charge in [0.15, 0.2) is 0 Å². The summed E-state index contributed by atoms with van der Waals surface area (Å²) in [7, 11) is 0. The lowest BCUT2D eigenvalue weighted by Gasteiger charge is -2.20. The van der Waals surface area contributed by atoms with E-state index in [0.717, 1.165) is 28.1 Å². The molecule has 22 heavy (non-hydrogen) atoms. The summed E-state index contributed by atoms with van der Waals surface area (Å²) < 4.78 is 0. The Balaban J connectivity index is 1.35. The van der Waals surface area contributed by atoms with Gasteiger partial charge in [-0.05, 0) is 61.3 Å². The minimum absolute atomic E-state index is 0.166. The smallest absolute Gasteiger partial charge is 0.224 e. The summed E-state index contributed by atoms with van der Waals surface area (Å²) in [6, 6.07) is 7.98. The zero-order valence-electron chi connectivity index (χ0n) is 12.5. The largest absolute Gasteiger partial charge is 0.326 e. The van der Waals surface area contributed by atoms with Gasteiger partial charge in [0.2, 0.25) is 5.91 Å². The molecule has 0 aliphatic heterocycles. The molecule has 2 fully saturated rings. The highest BCUT2D eigenvalue weighted by Crippen LogP contribution is 2.49. The first-order chi connectivity index (χ1) is 10.8. The lowest BCUT2D eigenvalue weighted by molar-refractivity contribution is -0.117. The fourth-order valence-corrected chi connectivity index (χ4v) is 4.78. The van der Waals surface area contributed by atoms with Crippen LogP contribution in [-0.4, -0.2) is 10.9 Å². The molecule has 1 aromatic carbocycles. The topological polar surface area (TPSA) is 42.0 Å². The summed E-state index contributed by atoms with van der Waals surface area (Å²) in [5.41, 5.74) is 1.98. The number of carbonyl (C=O) groups is 1. The highest BCUT2D eigenvalue weighted by Gasteiger charge is 2.40. The van der Waals surface area contributed by atoms with E-state index in [4.69, 9.17) is 0 Å². The van der Waals surface area contributed by atoms with Crippen LogP contribution in [0.25, 0.3) is 10.6 Å². The zero-order chi connectivity index (χ0) is 14.9. The Hall–Kier alpha value is -1.68. The molecular weight excluding hydrogens is 292 g/mol. The fraction of sp³-hybridized carbons (Fsp3) is 0.444. The van der Waals surface area contributed by atoms with Crippen molar-refractivity contribution >= 4 is 22.9 Å². The Morgan fingerprint density at radius 3 is 2.73 bits per heavy atom. The molecule has 1 N–H and O–H groups in total. The summed E-state index contributed by atoms with van der Waals surface area (Å²) in [6.07, 6.45) is 7.86. The van der Waals surface area contributed by atoms with Crippen LogP contribution in [0.2, 0.25) is 0 Å². The first kappa shape index (κ1) is 13.9. The van der Waals surface area contributed by atoms with Crippen LogP contribution in [0, 0.1) is 17.8 Å². The second-order valence-electron chi connectivity index (χ2n) is 6.60. The molecule has 2 aliphatic rings. The van der Waals surface area contributed by atoms with Crippen molar-refractivity contribution in [3.8, 4) is 10.6 Å². The molecular formula is C18H20N2OS. The number of anilines is 1. The Bertz CT molecular complexity index is 650. The number of nitrogens with one attached hydrogen (secondary N) is 1. The molecule has 2 bridgehead atoms. The molecule has 0 spiro atoms. The number of fused-ring (bicyclic) bond motifs is 2. The SMILES string of the molecule is O=C(C[C@@H]1C[C@H]2CC[C@H]1C2)Nc1ccc(-c2nccs2)cc1. The predicted molar refractivity (Wildman–Crippen MR) is 89.7 cm³/mol. The third-order valence-electron chi connectivity index (χ3n) is 5.18. The lowest BCUT2D eigenvalue weighted by Crippen LogP contribution is -2.20. The maximum atomic E-state index is 12.2. The molecule has 114 valence electrons. The quantitative estimate of drug-likeness (QED) is 0.898. The molecule has 3 atom stereocenters. The maximum Gasteiger partial charge on any atom is 0.224 e. The van der Waals surface area contributed by atoms with E-state index in [1.54, 1.807) is 11.3 Å². The van der Waals surface area contributed by atoms with E-state index < -0.39 is 0 Å². The van der Waals surface area contributed by atoms with E-state index in [9.17, 15) is 4.79 Å². The molecule has 4 heteroatoms. The molecule has 1 amide bonds. The minimum Gasteiger partial charge on any atom is -0.326 e. The maximum absolute atomic E-state index is 12.2. The van der Waals surface area contributed by atoms with Crippen LogP contribution < -0.4 is 5.32 Å². The van der Waals surface area contributed by atoms with Gasteiger partial charge in [-0.25, -0.2) is 4.98 Å². The van der Waals surface area contributed by atoms with E-state index in [1.165, 1.54) is 25.7 Å². The monoisotopic (exact) mass is 312 g/mol. The highest BCUT2D eigenvalue weighted by molar-refractivity contribution is 7.13. The zero-order valence-corrected chi connectivity index (χ0v) is 13.3. The Morgan fingerprint density at radius 1 is 1.23 bits per heavy atom. The number of benzene rings is 1. The normalized spacial score (nSPS) is 26.3. The van der Waals surface area contributed by atoms with Crippen molar-refractivity contribution in [2.45, 2.75) is 32.1 Å². The Labute approximate surface area is 134 Å². The van der Waals surface area contributed by atoms with Crippen molar-refractivity contribution in [2.75, 3.05) is 5.32 Å². The summed E-state index contributed by atoms with van der Waals surface area (Å²) in [5, 5.41) is 6.03. The molecule has 2 saturated carbocycles. The summed E-state index contributed by atoms with van der Waals surface area (Å²) in [4.78, 5) is 16.5. The van der Waals surface area contributed by atoms with Crippen molar-refractivity contribution in [3.63, 3.8) is 0 Å². The van der Waals surface area contributed by atoms with Crippen LogP contribution in [0.1, 0.15) is 32.1 Å². The van der Waals surface area contributed by atoms with E-state index in [1.807, 2.05) is 35.8 Å². The standard InChI is InChI=1S/C18H20N2OS/c21-17(11-15-10-12-1-2-14(15)9-12)20-16-5-3-13(4-6-16)18-19-7-8-22-18/h3-8,12,14-15H,1-2,9-11H2,(H,20,21)/t12-,14-,15-/m0/s1. The Kier molecular flexibility index (Phi) is 3.70. The van der Waals surface area contributed by atoms with Crippen molar-refractivity contribution in [2.24, 2.45) is 17.8 Å². The molecule has 0 unspecified atom stereocenters. The van der Waals surface area contributed by atoms with Gasteiger partial charge < -0.3 is 5.32 Å². The minimum atomic E-state index is 0.166. The van der Waals surface area contributed by atoms with Crippen LogP contribution in [0.3, 0.4) is 0 Å². The number of rotatable bonds is 4. The van der Waals surface area contributed by atoms with Gasteiger partial charge in [-0.2, -0.15) is 0 Å². The van der Waals surface area contributed by atoms with Crippen LogP contribution in [-0.2, 0) is 4.79 Å². The summed E-state index contributed by atoms with van der Waals surface area (Å²) in [5.74, 6) is 2.50. The number of hydrogen-bond donors (Lipinski definition) is 1. The number of nitrogens with zero attached hydrogens (tertiary/aromatic N) is 1. The third-order valence-corrected chi connectivity index (χ3v) is 6.00. The molecule has 1 aromatic heterocycles. The fourth-order valence-electron chi connectivity index (χ4n) is 4.14.